The van der Waals surface area contributed by atoms with Crippen molar-refractivity contribution >= 4 is 26.4 Å². The Kier molecular flexibility index (Phi) is 4.86. The van der Waals surface area contributed by atoms with Crippen molar-refractivity contribution in [3.05, 3.63) is 29.4 Å². The number of ether oxygens (including phenoxy) is 2. The predicted molar refractivity (Wildman–Crippen MR) is 91.2 cm³/mol. The average molecular weight is 356 g/mol. The second-order valence-corrected chi connectivity index (χ2v) is 8.41. The molecular weight excluding hydrogens is 336 g/mol. The molecule has 0 atom stereocenters. The van der Waals surface area contributed by atoms with Crippen molar-refractivity contribution in [1.29, 1.82) is 0 Å². The summed E-state index contributed by atoms with van der Waals surface area (Å²) < 4.78 is 38.4. The van der Waals surface area contributed by atoms with E-state index in [9.17, 15) is 8.42 Å². The van der Waals surface area contributed by atoms with Gasteiger partial charge in [-0.05, 0) is 12.1 Å². The van der Waals surface area contributed by atoms with Crippen LogP contribution in [0, 0.1) is 0 Å². The molecule has 0 amide bonds. The largest absolute Gasteiger partial charge is 0.497 e. The molecule has 0 aliphatic rings. The van der Waals surface area contributed by atoms with Crippen molar-refractivity contribution < 1.29 is 17.9 Å². The second kappa shape index (κ2) is 6.37. The first kappa shape index (κ1) is 17.6. The molecule has 0 radical (unpaired) electrons. The highest BCUT2D eigenvalue weighted by molar-refractivity contribution is 7.93. The number of hydrogen-bond donors (Lipinski definition) is 1. The van der Waals surface area contributed by atoms with Crippen LogP contribution in [0.5, 0.6) is 11.5 Å². The highest BCUT2D eigenvalue weighted by Crippen LogP contribution is 2.35. The molecule has 0 saturated carbocycles. The third kappa shape index (κ3) is 3.76. The van der Waals surface area contributed by atoms with Crippen LogP contribution in [-0.4, -0.2) is 27.6 Å². The minimum absolute atomic E-state index is 0.0209. The second-order valence-electron chi connectivity index (χ2n) is 5.90. The molecule has 0 unspecified atom stereocenters. The molecule has 1 aromatic carbocycles. The molecule has 0 spiro atoms. The van der Waals surface area contributed by atoms with E-state index in [1.54, 1.807) is 17.6 Å². The van der Waals surface area contributed by atoms with E-state index in [0.29, 0.717) is 16.4 Å². The smallest absolute Gasteiger partial charge is 0.266 e. The lowest BCUT2D eigenvalue weighted by atomic mass is 9.93. The molecule has 0 aliphatic carbocycles. The molecule has 0 fully saturated rings. The molecule has 6 nitrogen and oxygen atoms in total. The SMILES string of the molecule is COc1ccc(OC)c(S(=O)(=O)Nc2scnc2C(C)(C)C)c1. The topological polar surface area (TPSA) is 77.5 Å². The van der Waals surface area contributed by atoms with E-state index in [0.717, 1.165) is 0 Å². The number of rotatable bonds is 5. The lowest BCUT2D eigenvalue weighted by Gasteiger charge is -2.18. The van der Waals surface area contributed by atoms with Gasteiger partial charge in [-0.1, -0.05) is 20.8 Å². The Hall–Kier alpha value is -1.80. The molecular formula is C15H20N2O4S2. The number of anilines is 1. The first-order valence-electron chi connectivity index (χ1n) is 6.88. The van der Waals surface area contributed by atoms with Crippen LogP contribution in [0.1, 0.15) is 26.5 Å². The third-order valence-corrected chi connectivity index (χ3v) is 5.41. The van der Waals surface area contributed by atoms with E-state index in [-0.39, 0.29) is 16.1 Å². The average Bonchev–Trinajstić information content (AvgIpc) is 2.94. The maximum absolute atomic E-state index is 12.8. The van der Waals surface area contributed by atoms with Crippen LogP contribution in [0.25, 0.3) is 0 Å². The molecule has 2 aromatic rings. The Morgan fingerprint density at radius 2 is 1.87 bits per heavy atom. The molecule has 0 aliphatic heterocycles. The van der Waals surface area contributed by atoms with E-state index >= 15 is 0 Å². The van der Waals surface area contributed by atoms with Gasteiger partial charge in [0, 0.05) is 11.5 Å². The van der Waals surface area contributed by atoms with Crippen LogP contribution in [0.2, 0.25) is 0 Å². The quantitative estimate of drug-likeness (QED) is 0.890. The summed E-state index contributed by atoms with van der Waals surface area (Å²) in [5, 5.41) is 0.502. The first-order valence-corrected chi connectivity index (χ1v) is 9.24. The zero-order valence-corrected chi connectivity index (χ0v) is 15.3. The van der Waals surface area contributed by atoms with Gasteiger partial charge in [0.05, 0.1) is 25.4 Å². The normalized spacial score (nSPS) is 12.0. The maximum atomic E-state index is 12.8. The molecule has 1 aromatic heterocycles. The fraction of sp³-hybridized carbons (Fsp3) is 0.400. The summed E-state index contributed by atoms with van der Waals surface area (Å²) in [6.45, 7) is 5.93. The van der Waals surface area contributed by atoms with Crippen LogP contribution < -0.4 is 14.2 Å². The van der Waals surface area contributed by atoms with Gasteiger partial charge in [0.2, 0.25) is 0 Å². The zero-order chi connectivity index (χ0) is 17.3. The van der Waals surface area contributed by atoms with Gasteiger partial charge in [0.1, 0.15) is 21.4 Å². The molecule has 8 heteroatoms. The fourth-order valence-corrected chi connectivity index (χ4v) is 4.42. The van der Waals surface area contributed by atoms with Gasteiger partial charge in [0.25, 0.3) is 10.0 Å². The zero-order valence-electron chi connectivity index (χ0n) is 13.7. The van der Waals surface area contributed by atoms with Crippen molar-refractivity contribution in [2.45, 2.75) is 31.1 Å². The Morgan fingerprint density at radius 3 is 2.43 bits per heavy atom. The summed E-state index contributed by atoms with van der Waals surface area (Å²) in [5.41, 5.74) is 2.06. The van der Waals surface area contributed by atoms with E-state index in [1.165, 1.54) is 31.6 Å². The number of aromatic nitrogens is 1. The third-order valence-electron chi connectivity index (χ3n) is 3.17. The number of sulfonamides is 1. The van der Waals surface area contributed by atoms with Crippen molar-refractivity contribution in [2.24, 2.45) is 0 Å². The lowest BCUT2D eigenvalue weighted by Crippen LogP contribution is -2.18. The van der Waals surface area contributed by atoms with Gasteiger partial charge in [-0.3, -0.25) is 4.72 Å². The van der Waals surface area contributed by atoms with Crippen molar-refractivity contribution in [3.8, 4) is 11.5 Å². The van der Waals surface area contributed by atoms with Crippen LogP contribution in [0.4, 0.5) is 5.00 Å². The van der Waals surface area contributed by atoms with Crippen LogP contribution in [-0.2, 0) is 15.4 Å². The van der Waals surface area contributed by atoms with Gasteiger partial charge < -0.3 is 9.47 Å². The lowest BCUT2D eigenvalue weighted by molar-refractivity contribution is 0.392. The first-order chi connectivity index (χ1) is 10.7. The van der Waals surface area contributed by atoms with Gasteiger partial charge in [-0.25, -0.2) is 13.4 Å². The van der Waals surface area contributed by atoms with Crippen LogP contribution >= 0.6 is 11.3 Å². The van der Waals surface area contributed by atoms with E-state index in [1.807, 2.05) is 20.8 Å². The van der Waals surface area contributed by atoms with Crippen molar-refractivity contribution in [1.82, 2.24) is 4.98 Å². The fourth-order valence-electron chi connectivity index (χ4n) is 2.02. The van der Waals surface area contributed by atoms with E-state index in [2.05, 4.69) is 9.71 Å². The van der Waals surface area contributed by atoms with Gasteiger partial charge in [-0.15, -0.1) is 11.3 Å². The van der Waals surface area contributed by atoms with Crippen molar-refractivity contribution in [2.75, 3.05) is 18.9 Å². The molecule has 0 bridgehead atoms. The van der Waals surface area contributed by atoms with E-state index in [4.69, 9.17) is 9.47 Å². The number of methoxy groups -OCH3 is 2. The van der Waals surface area contributed by atoms with Crippen molar-refractivity contribution in [3.63, 3.8) is 0 Å². The highest BCUT2D eigenvalue weighted by atomic mass is 32.2. The standard InChI is InChI=1S/C15H20N2O4S2/c1-15(2,3)13-14(22-9-16-13)17-23(18,19)12-8-10(20-4)6-7-11(12)21-5/h6-9,17H,1-5H3. The van der Waals surface area contributed by atoms with Gasteiger partial charge in [0.15, 0.2) is 0 Å². The number of hydrogen-bond acceptors (Lipinski definition) is 6. The van der Waals surface area contributed by atoms with Gasteiger partial charge in [-0.2, -0.15) is 0 Å². The van der Waals surface area contributed by atoms with E-state index < -0.39 is 10.0 Å². The molecule has 0 saturated heterocycles. The number of benzene rings is 1. The Bertz CT molecular complexity index is 792. The number of thiazole rings is 1. The molecule has 126 valence electrons. The Balaban J connectivity index is 2.46. The summed E-state index contributed by atoms with van der Waals surface area (Å²) in [6.07, 6.45) is 0. The summed E-state index contributed by atoms with van der Waals surface area (Å²) in [4.78, 5) is 4.30. The molecule has 23 heavy (non-hydrogen) atoms. The number of nitrogens with one attached hydrogen (secondary N) is 1. The minimum Gasteiger partial charge on any atom is -0.497 e. The maximum Gasteiger partial charge on any atom is 0.266 e. The minimum atomic E-state index is -3.83. The summed E-state index contributed by atoms with van der Waals surface area (Å²) in [7, 11) is -0.923. The predicted octanol–water partition coefficient (Wildman–Crippen LogP) is 3.26. The Labute approximate surface area is 140 Å². The number of nitrogens with zero attached hydrogens (tertiary/aromatic N) is 1. The highest BCUT2D eigenvalue weighted by Gasteiger charge is 2.26. The summed E-state index contributed by atoms with van der Waals surface area (Å²) in [6, 6.07) is 4.63. The molecule has 1 heterocycles. The molecule has 2 rings (SSSR count). The van der Waals surface area contributed by atoms with Gasteiger partial charge >= 0.3 is 0 Å². The monoisotopic (exact) mass is 356 g/mol. The Morgan fingerprint density at radius 1 is 1.17 bits per heavy atom. The summed E-state index contributed by atoms with van der Waals surface area (Å²) >= 11 is 1.25. The van der Waals surface area contributed by atoms with Crippen LogP contribution in [0.15, 0.2) is 28.6 Å². The molecule has 1 N–H and O–H groups in total. The van der Waals surface area contributed by atoms with Crippen LogP contribution in [0.3, 0.4) is 0 Å². The summed E-state index contributed by atoms with van der Waals surface area (Å²) in [5.74, 6) is 0.687.